The fourth-order valence-corrected chi connectivity index (χ4v) is 2.73. The Kier molecular flexibility index (Phi) is 5.37. The summed E-state index contributed by atoms with van der Waals surface area (Å²) >= 11 is 5.94. The second-order valence-electron chi connectivity index (χ2n) is 5.46. The third-order valence-electron chi connectivity index (χ3n) is 3.67. The number of carbonyl (C=O) groups is 1. The molecule has 2 aromatic carbocycles. The average Bonchev–Trinajstić information content (AvgIpc) is 3.01. The van der Waals surface area contributed by atoms with Gasteiger partial charge in [-0.1, -0.05) is 35.9 Å². The second kappa shape index (κ2) is 7.70. The molecule has 0 radical (unpaired) electrons. The zero-order chi connectivity index (χ0) is 18.7. The summed E-state index contributed by atoms with van der Waals surface area (Å²) in [6.07, 6.45) is -0.973. The topological polar surface area (TPSA) is 53.4 Å². The molecular weight excluding hydrogens is 366 g/mol. The number of hydrogen-bond donors (Lipinski definition) is 0. The fourth-order valence-electron chi connectivity index (χ4n) is 2.54. The number of carbonyl (C=O) groups excluding carboxylic acids is 1. The average molecular weight is 381 g/mol. The van der Waals surface area contributed by atoms with Crippen molar-refractivity contribution in [2.24, 2.45) is 0 Å². The number of para-hydroxylation sites is 3. The van der Waals surface area contributed by atoms with Crippen molar-refractivity contribution in [1.82, 2.24) is 9.55 Å². The van der Waals surface area contributed by atoms with E-state index in [0.717, 1.165) is 4.57 Å². The first-order valence-electron chi connectivity index (χ1n) is 7.79. The molecule has 0 fully saturated rings. The Bertz CT molecular complexity index is 930. The van der Waals surface area contributed by atoms with Crippen molar-refractivity contribution < 1.29 is 23.0 Å². The Morgan fingerprint density at radius 2 is 1.88 bits per heavy atom. The molecule has 136 valence electrons. The summed E-state index contributed by atoms with van der Waals surface area (Å²) in [6, 6.07) is 13.2. The van der Waals surface area contributed by atoms with Crippen LogP contribution < -0.4 is 4.74 Å². The van der Waals surface area contributed by atoms with Crippen molar-refractivity contribution in [3.63, 3.8) is 0 Å². The van der Waals surface area contributed by atoms with E-state index in [-0.39, 0.29) is 11.3 Å². The number of aromatic nitrogens is 2. The molecule has 5 nitrogen and oxygen atoms in total. The predicted molar refractivity (Wildman–Crippen MR) is 92.4 cm³/mol. The number of nitrogens with zero attached hydrogens (tertiary/aromatic N) is 2. The number of alkyl halides is 2. The van der Waals surface area contributed by atoms with Gasteiger partial charge in [-0.3, -0.25) is 4.57 Å². The van der Waals surface area contributed by atoms with Crippen LogP contribution >= 0.6 is 11.6 Å². The summed E-state index contributed by atoms with van der Waals surface area (Å²) in [7, 11) is 0. The highest BCUT2D eigenvalue weighted by atomic mass is 35.5. The van der Waals surface area contributed by atoms with Gasteiger partial charge in [0.25, 0.3) is 0 Å². The summed E-state index contributed by atoms with van der Waals surface area (Å²) in [5, 5.41) is 0.354. The number of imidazole rings is 1. The third-order valence-corrected chi connectivity index (χ3v) is 3.98. The maximum absolute atomic E-state index is 13.4. The van der Waals surface area contributed by atoms with E-state index in [4.69, 9.17) is 21.1 Å². The van der Waals surface area contributed by atoms with Crippen molar-refractivity contribution >= 4 is 28.6 Å². The van der Waals surface area contributed by atoms with Gasteiger partial charge in [-0.25, -0.2) is 9.78 Å². The Balaban J connectivity index is 1.72. The van der Waals surface area contributed by atoms with Crippen molar-refractivity contribution in [3.8, 4) is 5.75 Å². The van der Waals surface area contributed by atoms with Crippen LogP contribution in [0.25, 0.3) is 11.0 Å². The van der Waals surface area contributed by atoms with Crippen molar-refractivity contribution in [2.45, 2.75) is 19.6 Å². The molecule has 0 spiro atoms. The first kappa shape index (κ1) is 18.1. The Morgan fingerprint density at radius 1 is 1.19 bits per heavy atom. The second-order valence-corrected chi connectivity index (χ2v) is 5.86. The first-order chi connectivity index (χ1) is 12.5. The van der Waals surface area contributed by atoms with Crippen molar-refractivity contribution in [2.75, 3.05) is 6.61 Å². The zero-order valence-electron chi connectivity index (χ0n) is 13.7. The Morgan fingerprint density at radius 3 is 2.62 bits per heavy atom. The number of fused-ring (bicyclic) bond motifs is 1. The zero-order valence-corrected chi connectivity index (χ0v) is 14.5. The number of benzene rings is 2. The molecular formula is C18H15ClF2N2O3. The summed E-state index contributed by atoms with van der Waals surface area (Å²) in [4.78, 5) is 16.2. The monoisotopic (exact) mass is 380 g/mol. The van der Waals surface area contributed by atoms with Crippen LogP contribution in [0.15, 0.2) is 48.5 Å². The molecule has 0 saturated carbocycles. The van der Waals surface area contributed by atoms with E-state index >= 15 is 0 Å². The van der Waals surface area contributed by atoms with Crippen molar-refractivity contribution in [1.29, 1.82) is 0 Å². The van der Waals surface area contributed by atoms with E-state index in [1.54, 1.807) is 42.5 Å². The highest BCUT2D eigenvalue weighted by molar-refractivity contribution is 6.32. The molecule has 0 aliphatic carbocycles. The maximum Gasteiger partial charge on any atom is 0.344 e. The summed E-state index contributed by atoms with van der Waals surface area (Å²) in [5.74, 6) is -0.420. The highest BCUT2D eigenvalue weighted by Crippen LogP contribution is 2.28. The van der Waals surface area contributed by atoms with E-state index in [2.05, 4.69) is 4.98 Å². The van der Waals surface area contributed by atoms with Crippen LogP contribution in [-0.4, -0.2) is 22.1 Å². The van der Waals surface area contributed by atoms with Gasteiger partial charge in [-0.15, -0.1) is 0 Å². The van der Waals surface area contributed by atoms with Crippen LogP contribution in [0.4, 0.5) is 8.78 Å². The van der Waals surface area contributed by atoms with E-state index in [9.17, 15) is 13.6 Å². The van der Waals surface area contributed by atoms with Gasteiger partial charge in [-0.2, -0.15) is 8.78 Å². The number of halogens is 3. The minimum absolute atomic E-state index is 0.0349. The van der Waals surface area contributed by atoms with Crippen LogP contribution in [0.1, 0.15) is 25.4 Å². The minimum Gasteiger partial charge on any atom is -0.480 e. The number of ether oxygens (including phenoxy) is 2. The maximum atomic E-state index is 13.4. The lowest BCUT2D eigenvalue weighted by Gasteiger charge is -2.15. The third kappa shape index (κ3) is 3.77. The lowest BCUT2D eigenvalue weighted by atomic mass is 10.3. The van der Waals surface area contributed by atoms with Gasteiger partial charge in [0.1, 0.15) is 5.75 Å². The minimum atomic E-state index is -2.81. The van der Waals surface area contributed by atoms with Gasteiger partial charge < -0.3 is 9.47 Å². The fraction of sp³-hybridized carbons (Fsp3) is 0.222. The Hall–Kier alpha value is -2.67. The smallest absolute Gasteiger partial charge is 0.344 e. The quantitative estimate of drug-likeness (QED) is 0.578. The molecule has 3 aromatic rings. The molecule has 1 heterocycles. The van der Waals surface area contributed by atoms with E-state index in [1.165, 1.54) is 13.0 Å². The molecule has 3 rings (SSSR count). The van der Waals surface area contributed by atoms with Gasteiger partial charge in [0.05, 0.1) is 16.1 Å². The molecule has 1 unspecified atom stereocenters. The van der Waals surface area contributed by atoms with Gasteiger partial charge >= 0.3 is 12.5 Å². The summed E-state index contributed by atoms with van der Waals surface area (Å²) in [6.45, 7) is -1.73. The van der Waals surface area contributed by atoms with Crippen LogP contribution in [0.3, 0.4) is 0 Å². The molecule has 26 heavy (non-hydrogen) atoms. The largest absolute Gasteiger partial charge is 0.480 e. The van der Waals surface area contributed by atoms with E-state index in [1.807, 2.05) is 0 Å². The lowest BCUT2D eigenvalue weighted by molar-refractivity contribution is -0.151. The molecule has 8 heteroatoms. The van der Waals surface area contributed by atoms with Crippen LogP contribution in [-0.2, 0) is 9.53 Å². The van der Waals surface area contributed by atoms with Crippen LogP contribution in [0.5, 0.6) is 5.75 Å². The van der Waals surface area contributed by atoms with Gasteiger partial charge in [0.15, 0.2) is 18.5 Å². The standard InChI is InChI=1S/C18H15ClF2N2O3/c1-11(26-16(24)10-25-15-9-5-2-6-12(15)19)17-22-13-7-3-4-8-14(13)23(17)18(20)21/h2-9,11,18H,10H2,1H3. The molecule has 1 atom stereocenters. The molecule has 0 aliphatic rings. The molecule has 0 saturated heterocycles. The number of hydrogen-bond acceptors (Lipinski definition) is 4. The van der Waals surface area contributed by atoms with Gasteiger partial charge in [0, 0.05) is 0 Å². The molecule has 0 amide bonds. The number of esters is 1. The van der Waals surface area contributed by atoms with Gasteiger partial charge in [-0.05, 0) is 31.2 Å². The van der Waals surface area contributed by atoms with Crippen molar-refractivity contribution in [3.05, 3.63) is 59.4 Å². The molecule has 1 aromatic heterocycles. The molecule has 0 aliphatic heterocycles. The Labute approximate surface area is 153 Å². The first-order valence-corrected chi connectivity index (χ1v) is 8.17. The van der Waals surface area contributed by atoms with Gasteiger partial charge in [0.2, 0.25) is 0 Å². The van der Waals surface area contributed by atoms with E-state index < -0.39 is 25.2 Å². The summed E-state index contributed by atoms with van der Waals surface area (Å²) in [5.41, 5.74) is 0.672. The summed E-state index contributed by atoms with van der Waals surface area (Å²) < 4.78 is 38.1. The molecule has 0 bridgehead atoms. The lowest BCUT2D eigenvalue weighted by Crippen LogP contribution is -2.19. The van der Waals surface area contributed by atoms with Crippen LogP contribution in [0.2, 0.25) is 5.02 Å². The SMILES string of the molecule is CC(OC(=O)COc1ccccc1Cl)c1nc2ccccc2n1C(F)F. The van der Waals surface area contributed by atoms with Crippen LogP contribution in [0, 0.1) is 0 Å². The normalized spacial score (nSPS) is 12.3. The molecule has 0 N–H and O–H groups in total. The highest BCUT2D eigenvalue weighted by Gasteiger charge is 2.24. The van der Waals surface area contributed by atoms with E-state index in [0.29, 0.717) is 16.3 Å². The number of rotatable bonds is 6. The predicted octanol–water partition coefficient (Wildman–Crippen LogP) is 4.77.